The molecule has 0 aromatic heterocycles. The molecule has 0 bridgehead atoms. The second-order valence-corrected chi connectivity index (χ2v) is 20.1. The van der Waals surface area contributed by atoms with Crippen LogP contribution in [0.2, 0.25) is 0 Å². The first-order valence-electron chi connectivity index (χ1n) is 30.1. The van der Waals surface area contributed by atoms with Crippen molar-refractivity contribution >= 4 is 0 Å². The molecule has 432 valence electrons. The van der Waals surface area contributed by atoms with Gasteiger partial charge in [0.05, 0.1) is 0 Å². The second-order valence-electron chi connectivity index (χ2n) is 20.1. The summed E-state index contributed by atoms with van der Waals surface area (Å²) in [5.74, 6) is 3.29. The Labute approximate surface area is 483 Å². The van der Waals surface area contributed by atoms with Crippen molar-refractivity contribution in [3.05, 3.63) is 251 Å². The van der Waals surface area contributed by atoms with Crippen LogP contribution in [0.1, 0.15) is 262 Å². The lowest BCUT2D eigenvalue weighted by Gasteiger charge is -2.18. The van der Waals surface area contributed by atoms with Gasteiger partial charge in [0.2, 0.25) is 0 Å². The average Bonchev–Trinajstić information content (AvgIpc) is 3.48. The Bertz CT molecular complexity index is 1780. The predicted molar refractivity (Wildman–Crippen MR) is 361 cm³/mol. The van der Waals surface area contributed by atoms with Crippen LogP contribution in [0.15, 0.2) is 212 Å². The van der Waals surface area contributed by atoms with Gasteiger partial charge in [0.25, 0.3) is 0 Å². The standard InChI is InChI=1S/2C10H14.5C9H12.6C2H6/c2*1-10(2,3)9-7-5-4-6-8-9;5*1-8(2)9-6-4-3-5-7-9;6*1-2/h2*4-8H,1-3H3;5*3-8H,1-2H3;6*1-2H3. The summed E-state index contributed by atoms with van der Waals surface area (Å²) >= 11 is 0. The summed E-state index contributed by atoms with van der Waals surface area (Å²) in [5, 5.41) is 0. The third-order valence-electron chi connectivity index (χ3n) is 10.6. The van der Waals surface area contributed by atoms with Crippen LogP contribution in [-0.4, -0.2) is 0 Å². The Morgan fingerprint density at radius 2 is 0.286 bits per heavy atom. The molecule has 0 spiro atoms. The molecule has 0 fully saturated rings. The SMILES string of the molecule is CC.CC.CC.CC.CC.CC.CC(C)(C)c1ccccc1.CC(C)(C)c1ccccc1.CC(C)c1ccccc1.CC(C)c1ccccc1.CC(C)c1ccccc1.CC(C)c1ccccc1.CC(C)c1ccccc1. The van der Waals surface area contributed by atoms with Crippen molar-refractivity contribution < 1.29 is 0 Å². The molecule has 7 rings (SSSR count). The quantitative estimate of drug-likeness (QED) is 0.161. The molecule has 0 N–H and O–H groups in total. The number of benzene rings is 7. The molecule has 0 nitrogen and oxygen atoms in total. The van der Waals surface area contributed by atoms with Gasteiger partial charge >= 0.3 is 0 Å². The van der Waals surface area contributed by atoms with Crippen LogP contribution >= 0.6 is 0 Å². The monoisotopic (exact) mass is 1050 g/mol. The molecule has 0 aliphatic carbocycles. The smallest absolute Gasteiger partial charge is 0.0132 e. The number of hydrogen-bond donors (Lipinski definition) is 0. The van der Waals surface area contributed by atoms with Gasteiger partial charge in [0.15, 0.2) is 0 Å². The zero-order valence-electron chi connectivity index (χ0n) is 55.6. The van der Waals surface area contributed by atoms with E-state index in [-0.39, 0.29) is 0 Å². The van der Waals surface area contributed by atoms with Crippen molar-refractivity contribution in [1.82, 2.24) is 0 Å². The van der Waals surface area contributed by atoms with E-state index in [1.54, 1.807) is 0 Å². The van der Waals surface area contributed by atoms with E-state index in [2.05, 4.69) is 293 Å². The Morgan fingerprint density at radius 1 is 0.182 bits per heavy atom. The van der Waals surface area contributed by atoms with Gasteiger partial charge in [0, 0.05) is 0 Å². The normalized spacial score (nSPS) is 9.36. The van der Waals surface area contributed by atoms with E-state index >= 15 is 0 Å². The fourth-order valence-corrected chi connectivity index (χ4v) is 6.07. The molecule has 0 radical (unpaired) electrons. The summed E-state index contributed by atoms with van der Waals surface area (Å²) in [7, 11) is 0. The van der Waals surface area contributed by atoms with E-state index < -0.39 is 0 Å². The summed E-state index contributed by atoms with van der Waals surface area (Å²) in [6.07, 6.45) is 0. The lowest BCUT2D eigenvalue weighted by molar-refractivity contribution is 0.590. The first-order valence-corrected chi connectivity index (χ1v) is 30.1. The van der Waals surface area contributed by atoms with Crippen molar-refractivity contribution in [2.45, 2.75) is 234 Å². The minimum atomic E-state index is 0.293. The van der Waals surface area contributed by atoms with Gasteiger partial charge < -0.3 is 0 Å². The maximum Gasteiger partial charge on any atom is -0.0132 e. The van der Waals surface area contributed by atoms with Crippen LogP contribution in [0.25, 0.3) is 0 Å². The molecular weight excluding hydrogens is 925 g/mol. The van der Waals surface area contributed by atoms with Crippen molar-refractivity contribution in [3.63, 3.8) is 0 Å². The highest BCUT2D eigenvalue weighted by Crippen LogP contribution is 2.22. The highest BCUT2D eigenvalue weighted by Gasteiger charge is 2.12. The maximum atomic E-state index is 2.22. The summed E-state index contributed by atoms with van der Waals surface area (Å²) in [6, 6.07) is 73.7. The third kappa shape index (κ3) is 48.6. The van der Waals surface area contributed by atoms with E-state index in [9.17, 15) is 0 Å². The third-order valence-corrected chi connectivity index (χ3v) is 10.6. The van der Waals surface area contributed by atoms with Crippen LogP contribution in [-0.2, 0) is 10.8 Å². The van der Waals surface area contributed by atoms with Gasteiger partial charge in [0.1, 0.15) is 0 Å². The Morgan fingerprint density at radius 3 is 0.351 bits per heavy atom. The van der Waals surface area contributed by atoms with E-state index in [4.69, 9.17) is 0 Å². The molecule has 0 aliphatic rings. The van der Waals surface area contributed by atoms with E-state index in [1.807, 2.05) is 113 Å². The maximum absolute atomic E-state index is 2.22. The zero-order chi connectivity index (χ0) is 60.7. The molecule has 0 amide bonds. The Hall–Kier alpha value is -5.46. The lowest BCUT2D eigenvalue weighted by atomic mass is 9.87. The second kappa shape index (κ2) is 56.7. The predicted octanol–water partition coefficient (Wildman–Crippen LogP) is 26.2. The molecule has 0 atom stereocenters. The van der Waals surface area contributed by atoms with Gasteiger partial charge in [-0.2, -0.15) is 0 Å². The van der Waals surface area contributed by atoms with Crippen LogP contribution in [0, 0.1) is 0 Å². The molecule has 7 aromatic carbocycles. The minimum Gasteiger partial charge on any atom is -0.0683 e. The number of rotatable bonds is 5. The molecule has 0 aliphatic heterocycles. The molecule has 77 heavy (non-hydrogen) atoms. The molecular formula is C77H124. The van der Waals surface area contributed by atoms with E-state index in [1.165, 1.54) is 38.9 Å². The van der Waals surface area contributed by atoms with Gasteiger partial charge in [-0.05, 0) is 79.4 Å². The van der Waals surface area contributed by atoms with Crippen molar-refractivity contribution in [2.24, 2.45) is 0 Å². The molecule has 7 aromatic rings. The summed E-state index contributed by atoms with van der Waals surface area (Å²) in [6.45, 7) is 59.4. The fraction of sp³-hybridized carbons (Fsp3) is 0.455. The summed E-state index contributed by atoms with van der Waals surface area (Å²) in [4.78, 5) is 0. The summed E-state index contributed by atoms with van der Waals surface area (Å²) < 4.78 is 0. The lowest BCUT2D eigenvalue weighted by Crippen LogP contribution is -2.10. The largest absolute Gasteiger partial charge is 0.0683 e. The first-order chi connectivity index (χ1) is 36.7. The summed E-state index contributed by atoms with van der Waals surface area (Å²) in [5.41, 5.74) is 10.5. The topological polar surface area (TPSA) is 0 Å². The average molecular weight is 1050 g/mol. The Kier molecular flexibility index (Phi) is 61.1. The molecule has 0 saturated carbocycles. The van der Waals surface area contributed by atoms with Crippen molar-refractivity contribution in [2.75, 3.05) is 0 Å². The van der Waals surface area contributed by atoms with Crippen LogP contribution in [0.3, 0.4) is 0 Å². The van der Waals surface area contributed by atoms with E-state index in [0.29, 0.717) is 40.4 Å². The number of hydrogen-bond acceptors (Lipinski definition) is 0. The first kappa shape index (κ1) is 82.9. The van der Waals surface area contributed by atoms with Gasteiger partial charge in [-0.1, -0.05) is 406 Å². The molecule has 0 unspecified atom stereocenters. The van der Waals surface area contributed by atoms with Crippen molar-refractivity contribution in [1.29, 1.82) is 0 Å². The molecule has 0 saturated heterocycles. The minimum absolute atomic E-state index is 0.293. The highest BCUT2D eigenvalue weighted by atomic mass is 14.2. The highest BCUT2D eigenvalue weighted by molar-refractivity contribution is 5.24. The van der Waals surface area contributed by atoms with Gasteiger partial charge in [-0.25, -0.2) is 0 Å². The van der Waals surface area contributed by atoms with Gasteiger partial charge in [-0.3, -0.25) is 0 Å². The Balaban J connectivity index is -0.000000185. The van der Waals surface area contributed by atoms with Crippen molar-refractivity contribution in [3.8, 4) is 0 Å². The van der Waals surface area contributed by atoms with Crippen LogP contribution < -0.4 is 0 Å². The van der Waals surface area contributed by atoms with Crippen LogP contribution in [0.5, 0.6) is 0 Å². The van der Waals surface area contributed by atoms with Crippen LogP contribution in [0.4, 0.5) is 0 Å². The molecule has 0 heterocycles. The van der Waals surface area contributed by atoms with Gasteiger partial charge in [-0.15, -0.1) is 0 Å². The zero-order valence-corrected chi connectivity index (χ0v) is 55.6. The fourth-order valence-electron chi connectivity index (χ4n) is 6.07. The molecule has 0 heteroatoms. The van der Waals surface area contributed by atoms with E-state index in [0.717, 1.165) is 0 Å².